The standard InChI is InChI=1S/C20H31N3OS/c1-25-19-13-7-6-12-18(19)22-20(24)21-16-9-8-14-23(15-16)17-10-4-2-3-5-11-17/h6-7,12-13,16-17H,2-5,8-11,14-15H2,1H3,(H2,21,22,24)/t16-/m1/s1. The van der Waals surface area contributed by atoms with Crippen LogP contribution in [0.5, 0.6) is 0 Å². The molecule has 0 bridgehead atoms. The van der Waals surface area contributed by atoms with E-state index in [1.807, 2.05) is 30.5 Å². The van der Waals surface area contributed by atoms with Crippen molar-refractivity contribution in [1.82, 2.24) is 10.2 Å². The van der Waals surface area contributed by atoms with Gasteiger partial charge in [0.15, 0.2) is 0 Å². The lowest BCUT2D eigenvalue weighted by Crippen LogP contribution is -2.51. The second kappa shape index (κ2) is 9.48. The van der Waals surface area contributed by atoms with Gasteiger partial charge in [-0.05, 0) is 50.6 Å². The quantitative estimate of drug-likeness (QED) is 0.602. The molecule has 2 fully saturated rings. The number of hydrogen-bond acceptors (Lipinski definition) is 3. The molecule has 1 atom stereocenters. The Bertz CT molecular complexity index is 558. The third-order valence-electron chi connectivity index (χ3n) is 5.48. The molecule has 1 heterocycles. The predicted molar refractivity (Wildman–Crippen MR) is 106 cm³/mol. The molecule has 1 aliphatic carbocycles. The first-order valence-electron chi connectivity index (χ1n) is 9.71. The molecule has 3 rings (SSSR count). The van der Waals surface area contributed by atoms with Crippen LogP contribution in [0.1, 0.15) is 51.4 Å². The Morgan fingerprint density at radius 3 is 2.60 bits per heavy atom. The van der Waals surface area contributed by atoms with Gasteiger partial charge in [0.25, 0.3) is 0 Å². The first-order valence-corrected chi connectivity index (χ1v) is 10.9. The molecule has 2 N–H and O–H groups in total. The zero-order valence-electron chi connectivity index (χ0n) is 15.3. The lowest BCUT2D eigenvalue weighted by atomic mass is 10.00. The molecule has 1 aliphatic heterocycles. The van der Waals surface area contributed by atoms with Crippen molar-refractivity contribution in [2.45, 2.75) is 68.3 Å². The number of para-hydroxylation sites is 1. The highest BCUT2D eigenvalue weighted by Crippen LogP contribution is 2.26. The van der Waals surface area contributed by atoms with E-state index in [0.717, 1.165) is 29.6 Å². The van der Waals surface area contributed by atoms with Crippen molar-refractivity contribution in [2.24, 2.45) is 0 Å². The molecule has 2 amide bonds. The van der Waals surface area contributed by atoms with Crippen LogP contribution in [0.4, 0.5) is 10.5 Å². The Balaban J connectivity index is 1.52. The number of nitrogens with one attached hydrogen (secondary N) is 2. The van der Waals surface area contributed by atoms with Gasteiger partial charge in [-0.15, -0.1) is 11.8 Å². The number of hydrogen-bond donors (Lipinski definition) is 2. The molecule has 0 radical (unpaired) electrons. The average molecular weight is 362 g/mol. The summed E-state index contributed by atoms with van der Waals surface area (Å²) in [7, 11) is 0. The number of nitrogens with zero attached hydrogens (tertiary/aromatic N) is 1. The van der Waals surface area contributed by atoms with Crippen LogP contribution in [-0.2, 0) is 0 Å². The average Bonchev–Trinajstić information content (AvgIpc) is 2.92. The fraction of sp³-hybridized carbons (Fsp3) is 0.650. The predicted octanol–water partition coefficient (Wildman–Crippen LogP) is 4.72. The Morgan fingerprint density at radius 1 is 1.08 bits per heavy atom. The summed E-state index contributed by atoms with van der Waals surface area (Å²) < 4.78 is 0. The normalized spacial score (nSPS) is 23.0. The number of likely N-dealkylation sites (tertiary alicyclic amines) is 1. The summed E-state index contributed by atoms with van der Waals surface area (Å²) in [6.45, 7) is 2.20. The molecule has 0 aromatic heterocycles. The third kappa shape index (κ3) is 5.38. The molecular weight excluding hydrogens is 330 g/mol. The molecule has 1 saturated carbocycles. The number of carbonyl (C=O) groups excluding carboxylic acids is 1. The smallest absolute Gasteiger partial charge is 0.319 e. The van der Waals surface area contributed by atoms with Crippen molar-refractivity contribution in [3.63, 3.8) is 0 Å². The van der Waals surface area contributed by atoms with E-state index in [0.29, 0.717) is 0 Å². The first kappa shape index (κ1) is 18.6. The lowest BCUT2D eigenvalue weighted by molar-refractivity contribution is 0.128. The highest BCUT2D eigenvalue weighted by molar-refractivity contribution is 7.98. The van der Waals surface area contributed by atoms with Crippen molar-refractivity contribution in [1.29, 1.82) is 0 Å². The maximum absolute atomic E-state index is 12.4. The summed E-state index contributed by atoms with van der Waals surface area (Å²) in [5.74, 6) is 0. The zero-order chi connectivity index (χ0) is 17.5. The Hall–Kier alpha value is -1.20. The molecule has 1 aromatic rings. The van der Waals surface area contributed by atoms with Gasteiger partial charge in [-0.3, -0.25) is 4.90 Å². The Morgan fingerprint density at radius 2 is 1.84 bits per heavy atom. The molecule has 25 heavy (non-hydrogen) atoms. The summed E-state index contributed by atoms with van der Waals surface area (Å²) in [5.41, 5.74) is 0.893. The molecule has 0 unspecified atom stereocenters. The highest BCUT2D eigenvalue weighted by atomic mass is 32.2. The summed E-state index contributed by atoms with van der Waals surface area (Å²) >= 11 is 1.65. The second-order valence-electron chi connectivity index (χ2n) is 7.28. The number of anilines is 1. The van der Waals surface area contributed by atoms with Gasteiger partial charge in [0, 0.05) is 23.5 Å². The topological polar surface area (TPSA) is 44.4 Å². The van der Waals surface area contributed by atoms with Gasteiger partial charge in [-0.2, -0.15) is 0 Å². The molecule has 2 aliphatic rings. The molecule has 5 heteroatoms. The van der Waals surface area contributed by atoms with Crippen LogP contribution in [0.15, 0.2) is 29.2 Å². The minimum atomic E-state index is -0.0748. The van der Waals surface area contributed by atoms with Gasteiger partial charge in [-0.1, -0.05) is 37.8 Å². The lowest BCUT2D eigenvalue weighted by Gasteiger charge is -2.38. The summed E-state index contributed by atoms with van der Waals surface area (Å²) in [5, 5.41) is 6.23. The number of carbonyl (C=O) groups is 1. The maximum atomic E-state index is 12.4. The highest BCUT2D eigenvalue weighted by Gasteiger charge is 2.27. The van der Waals surface area contributed by atoms with Crippen molar-refractivity contribution in [3.05, 3.63) is 24.3 Å². The number of benzene rings is 1. The molecule has 1 aromatic carbocycles. The van der Waals surface area contributed by atoms with E-state index >= 15 is 0 Å². The molecule has 1 saturated heterocycles. The minimum absolute atomic E-state index is 0.0748. The maximum Gasteiger partial charge on any atom is 0.319 e. The molecule has 138 valence electrons. The monoisotopic (exact) mass is 361 g/mol. The number of rotatable bonds is 4. The van der Waals surface area contributed by atoms with Crippen molar-refractivity contribution >= 4 is 23.5 Å². The van der Waals surface area contributed by atoms with Gasteiger partial charge >= 0.3 is 6.03 Å². The molecular formula is C20H31N3OS. The zero-order valence-corrected chi connectivity index (χ0v) is 16.1. The fourth-order valence-electron chi connectivity index (χ4n) is 4.17. The van der Waals surface area contributed by atoms with E-state index in [4.69, 9.17) is 0 Å². The second-order valence-corrected chi connectivity index (χ2v) is 8.13. The Kier molecular flexibility index (Phi) is 7.05. The van der Waals surface area contributed by atoms with Crippen molar-refractivity contribution in [2.75, 3.05) is 24.7 Å². The van der Waals surface area contributed by atoms with Gasteiger partial charge in [0.2, 0.25) is 0 Å². The van der Waals surface area contributed by atoms with Crippen molar-refractivity contribution < 1.29 is 4.79 Å². The van der Waals surface area contributed by atoms with Crippen LogP contribution < -0.4 is 10.6 Å². The van der Waals surface area contributed by atoms with Gasteiger partial charge in [0.1, 0.15) is 0 Å². The largest absolute Gasteiger partial charge is 0.334 e. The number of piperidine rings is 1. The van der Waals surface area contributed by atoms with Crippen LogP contribution in [0.25, 0.3) is 0 Å². The first-order chi connectivity index (χ1) is 12.3. The SMILES string of the molecule is CSc1ccccc1NC(=O)N[C@@H]1CCCN(C2CCCCCC2)C1. The van der Waals surface area contributed by atoms with E-state index < -0.39 is 0 Å². The number of thioether (sulfide) groups is 1. The third-order valence-corrected chi connectivity index (χ3v) is 6.28. The number of amides is 2. The van der Waals surface area contributed by atoms with E-state index in [2.05, 4.69) is 15.5 Å². The van der Waals surface area contributed by atoms with E-state index in [1.54, 1.807) is 11.8 Å². The van der Waals surface area contributed by atoms with Crippen LogP contribution in [-0.4, -0.2) is 42.4 Å². The van der Waals surface area contributed by atoms with E-state index in [-0.39, 0.29) is 12.1 Å². The molecule has 0 spiro atoms. The summed E-state index contributed by atoms with van der Waals surface area (Å²) in [6.07, 6.45) is 12.5. The van der Waals surface area contributed by atoms with Crippen LogP contribution in [0.2, 0.25) is 0 Å². The van der Waals surface area contributed by atoms with Gasteiger partial charge in [0.05, 0.1) is 5.69 Å². The Labute approximate surface area is 156 Å². The van der Waals surface area contributed by atoms with Crippen molar-refractivity contribution in [3.8, 4) is 0 Å². The van der Waals surface area contributed by atoms with Crippen LogP contribution in [0, 0.1) is 0 Å². The van der Waals surface area contributed by atoms with E-state index in [1.165, 1.54) is 51.5 Å². The molecule has 4 nitrogen and oxygen atoms in total. The van der Waals surface area contributed by atoms with Gasteiger partial charge in [-0.25, -0.2) is 4.79 Å². The number of urea groups is 1. The summed E-state index contributed by atoms with van der Waals surface area (Å²) in [6, 6.07) is 8.88. The van der Waals surface area contributed by atoms with Crippen LogP contribution >= 0.6 is 11.8 Å². The van der Waals surface area contributed by atoms with Crippen LogP contribution in [0.3, 0.4) is 0 Å². The van der Waals surface area contributed by atoms with E-state index in [9.17, 15) is 4.79 Å². The fourth-order valence-corrected chi connectivity index (χ4v) is 4.72. The van der Waals surface area contributed by atoms with Gasteiger partial charge < -0.3 is 10.6 Å². The summed E-state index contributed by atoms with van der Waals surface area (Å²) in [4.78, 5) is 16.2. The minimum Gasteiger partial charge on any atom is -0.334 e.